The normalized spacial score (nSPS) is 17.9. The molecule has 0 saturated carbocycles. The van der Waals surface area contributed by atoms with E-state index in [0.29, 0.717) is 12.1 Å². The van der Waals surface area contributed by atoms with Crippen molar-refractivity contribution in [1.82, 2.24) is 9.80 Å². The molecule has 0 amide bonds. The van der Waals surface area contributed by atoms with Crippen LogP contribution in [0.3, 0.4) is 0 Å². The fraction of sp³-hybridized carbons (Fsp3) is 0.500. The average molecular weight is 248 g/mol. The minimum Gasteiger partial charge on any atom is -0.507 e. The number of nitrogens with zero attached hydrogens (tertiary/aromatic N) is 2. The van der Waals surface area contributed by atoms with E-state index in [4.69, 9.17) is 0 Å². The van der Waals surface area contributed by atoms with E-state index in [1.807, 2.05) is 13.0 Å². The maximum Gasteiger partial charge on any atom is 0.180 e. The molecule has 0 radical (unpaired) electrons. The van der Waals surface area contributed by atoms with Crippen molar-refractivity contribution in [2.75, 3.05) is 39.8 Å². The Kier molecular flexibility index (Phi) is 3.99. The number of hydrogen-bond donors (Lipinski definition) is 1. The molecule has 0 spiro atoms. The van der Waals surface area contributed by atoms with E-state index in [2.05, 4.69) is 16.8 Å². The molecular weight excluding hydrogens is 228 g/mol. The molecule has 0 aliphatic carbocycles. The number of aromatic hydroxyl groups is 1. The molecule has 1 saturated heterocycles. The first-order valence-electron chi connectivity index (χ1n) is 6.30. The first kappa shape index (κ1) is 13.1. The molecule has 0 bridgehead atoms. The number of phenols is 1. The lowest BCUT2D eigenvalue weighted by molar-refractivity contribution is 0.0874. The molecule has 98 valence electrons. The molecular formula is C14H20N2O2. The lowest BCUT2D eigenvalue weighted by Gasteiger charge is -2.31. The molecule has 1 aliphatic rings. The Bertz CT molecular complexity index is 437. The SMILES string of the molecule is Cc1ccc(C(=O)CN2CCN(C)CC2)c(O)c1. The second-order valence-electron chi connectivity index (χ2n) is 5.02. The minimum atomic E-state index is -0.00273. The Hall–Kier alpha value is -1.39. The van der Waals surface area contributed by atoms with Crippen LogP contribution in [-0.2, 0) is 0 Å². The molecule has 1 aliphatic heterocycles. The van der Waals surface area contributed by atoms with Crippen LogP contribution in [0, 0.1) is 6.92 Å². The van der Waals surface area contributed by atoms with Gasteiger partial charge in [-0.05, 0) is 31.7 Å². The van der Waals surface area contributed by atoms with Crippen LogP contribution >= 0.6 is 0 Å². The summed E-state index contributed by atoms with van der Waals surface area (Å²) in [5, 5.41) is 9.79. The number of benzene rings is 1. The Morgan fingerprint density at radius 1 is 1.28 bits per heavy atom. The third-order valence-electron chi connectivity index (χ3n) is 3.42. The summed E-state index contributed by atoms with van der Waals surface area (Å²) >= 11 is 0. The topological polar surface area (TPSA) is 43.8 Å². The van der Waals surface area contributed by atoms with E-state index < -0.39 is 0 Å². The minimum absolute atomic E-state index is 0.00273. The smallest absolute Gasteiger partial charge is 0.180 e. The number of piperazine rings is 1. The number of Topliss-reactive ketones (excluding diaryl/α,β-unsaturated/α-hetero) is 1. The van der Waals surface area contributed by atoms with Crippen LogP contribution in [0.2, 0.25) is 0 Å². The molecule has 1 heterocycles. The summed E-state index contributed by atoms with van der Waals surface area (Å²) in [5.74, 6) is 0.0891. The van der Waals surface area contributed by atoms with Crippen LogP contribution < -0.4 is 0 Å². The summed E-state index contributed by atoms with van der Waals surface area (Å²) < 4.78 is 0. The van der Waals surface area contributed by atoms with Crippen molar-refractivity contribution >= 4 is 5.78 Å². The molecule has 0 unspecified atom stereocenters. The molecule has 18 heavy (non-hydrogen) atoms. The zero-order chi connectivity index (χ0) is 13.1. The van der Waals surface area contributed by atoms with Gasteiger partial charge in [-0.1, -0.05) is 6.07 Å². The van der Waals surface area contributed by atoms with Gasteiger partial charge in [-0.2, -0.15) is 0 Å². The van der Waals surface area contributed by atoms with E-state index in [1.54, 1.807) is 12.1 Å². The van der Waals surface area contributed by atoms with Crippen molar-refractivity contribution in [2.45, 2.75) is 6.92 Å². The zero-order valence-corrected chi connectivity index (χ0v) is 11.0. The highest BCUT2D eigenvalue weighted by atomic mass is 16.3. The fourth-order valence-corrected chi connectivity index (χ4v) is 2.17. The summed E-state index contributed by atoms with van der Waals surface area (Å²) in [5.41, 5.74) is 1.39. The standard InChI is InChI=1S/C14H20N2O2/c1-11-3-4-12(13(17)9-11)14(18)10-16-7-5-15(2)6-8-16/h3-4,9,17H,5-8,10H2,1-2H3. The summed E-state index contributed by atoms with van der Waals surface area (Å²) in [4.78, 5) is 16.5. The number of ketones is 1. The monoisotopic (exact) mass is 248 g/mol. The van der Waals surface area contributed by atoms with Crippen molar-refractivity contribution in [1.29, 1.82) is 0 Å². The molecule has 2 rings (SSSR count). The van der Waals surface area contributed by atoms with Gasteiger partial charge in [0.2, 0.25) is 0 Å². The quantitative estimate of drug-likeness (QED) is 0.814. The predicted octanol–water partition coefficient (Wildman–Crippen LogP) is 1.13. The third kappa shape index (κ3) is 3.09. The van der Waals surface area contributed by atoms with Gasteiger partial charge in [0.1, 0.15) is 5.75 Å². The highest BCUT2D eigenvalue weighted by molar-refractivity contribution is 6.00. The Morgan fingerprint density at radius 2 is 1.94 bits per heavy atom. The first-order valence-corrected chi connectivity index (χ1v) is 6.30. The third-order valence-corrected chi connectivity index (χ3v) is 3.42. The lowest BCUT2D eigenvalue weighted by atomic mass is 10.1. The van der Waals surface area contributed by atoms with Crippen LogP contribution in [-0.4, -0.2) is 60.5 Å². The maximum atomic E-state index is 12.1. The van der Waals surface area contributed by atoms with Gasteiger partial charge in [-0.3, -0.25) is 9.69 Å². The average Bonchev–Trinajstić information content (AvgIpc) is 2.32. The number of hydrogen-bond acceptors (Lipinski definition) is 4. The van der Waals surface area contributed by atoms with Crippen LogP contribution in [0.15, 0.2) is 18.2 Å². The fourth-order valence-electron chi connectivity index (χ4n) is 2.17. The van der Waals surface area contributed by atoms with Crippen molar-refractivity contribution in [2.24, 2.45) is 0 Å². The van der Waals surface area contributed by atoms with Gasteiger partial charge in [0, 0.05) is 26.2 Å². The van der Waals surface area contributed by atoms with Crippen molar-refractivity contribution in [3.63, 3.8) is 0 Å². The first-order chi connectivity index (χ1) is 8.56. The molecule has 0 atom stereocenters. The molecule has 4 nitrogen and oxygen atoms in total. The predicted molar refractivity (Wildman–Crippen MR) is 71.1 cm³/mol. The van der Waals surface area contributed by atoms with Gasteiger partial charge in [0.05, 0.1) is 12.1 Å². The summed E-state index contributed by atoms with van der Waals surface area (Å²) in [6.45, 7) is 6.10. The number of likely N-dealkylation sites (N-methyl/N-ethyl adjacent to an activating group) is 1. The van der Waals surface area contributed by atoms with Gasteiger partial charge in [0.25, 0.3) is 0 Å². The van der Waals surface area contributed by atoms with E-state index >= 15 is 0 Å². The summed E-state index contributed by atoms with van der Waals surface area (Å²) in [6, 6.07) is 5.21. The number of aryl methyl sites for hydroxylation is 1. The summed E-state index contributed by atoms with van der Waals surface area (Å²) in [7, 11) is 2.09. The van der Waals surface area contributed by atoms with Gasteiger partial charge in [0.15, 0.2) is 5.78 Å². The largest absolute Gasteiger partial charge is 0.507 e. The van der Waals surface area contributed by atoms with E-state index in [-0.39, 0.29) is 11.5 Å². The molecule has 1 fully saturated rings. The number of phenolic OH excluding ortho intramolecular Hbond substituents is 1. The zero-order valence-electron chi connectivity index (χ0n) is 11.0. The van der Waals surface area contributed by atoms with Crippen LogP contribution in [0.5, 0.6) is 5.75 Å². The van der Waals surface area contributed by atoms with Gasteiger partial charge in [-0.15, -0.1) is 0 Å². The van der Waals surface area contributed by atoms with Crippen molar-refractivity contribution in [3.05, 3.63) is 29.3 Å². The molecule has 0 aromatic heterocycles. The van der Waals surface area contributed by atoms with Crippen LogP contribution in [0.4, 0.5) is 0 Å². The number of carbonyl (C=O) groups excluding carboxylic acids is 1. The van der Waals surface area contributed by atoms with Crippen LogP contribution in [0.25, 0.3) is 0 Å². The van der Waals surface area contributed by atoms with Gasteiger partial charge in [-0.25, -0.2) is 0 Å². The Labute approximate surface area is 108 Å². The summed E-state index contributed by atoms with van der Waals surface area (Å²) in [6.07, 6.45) is 0. The van der Waals surface area contributed by atoms with E-state index in [9.17, 15) is 9.90 Å². The highest BCUT2D eigenvalue weighted by Crippen LogP contribution is 2.19. The Balaban J connectivity index is 1.99. The second kappa shape index (κ2) is 5.50. The maximum absolute atomic E-state index is 12.1. The van der Waals surface area contributed by atoms with Crippen LogP contribution in [0.1, 0.15) is 15.9 Å². The highest BCUT2D eigenvalue weighted by Gasteiger charge is 2.19. The lowest BCUT2D eigenvalue weighted by Crippen LogP contribution is -2.46. The van der Waals surface area contributed by atoms with Gasteiger partial charge >= 0.3 is 0 Å². The van der Waals surface area contributed by atoms with E-state index in [1.165, 1.54) is 0 Å². The number of carbonyl (C=O) groups is 1. The number of rotatable bonds is 3. The van der Waals surface area contributed by atoms with E-state index in [0.717, 1.165) is 31.7 Å². The molecule has 4 heteroatoms. The molecule has 1 aromatic rings. The molecule has 1 aromatic carbocycles. The van der Waals surface area contributed by atoms with Crippen molar-refractivity contribution < 1.29 is 9.90 Å². The molecule has 1 N–H and O–H groups in total. The van der Waals surface area contributed by atoms with Gasteiger partial charge < -0.3 is 10.0 Å². The van der Waals surface area contributed by atoms with Crippen molar-refractivity contribution in [3.8, 4) is 5.75 Å². The second-order valence-corrected chi connectivity index (χ2v) is 5.02. The Morgan fingerprint density at radius 3 is 2.56 bits per heavy atom.